The van der Waals surface area contributed by atoms with Crippen molar-refractivity contribution in [1.29, 1.82) is 0 Å². The summed E-state index contributed by atoms with van der Waals surface area (Å²) in [6.45, 7) is 2.00. The SMILES string of the molecule is CC(Nc1ccc(Br)c(F)c1)c1nccs1. The van der Waals surface area contributed by atoms with Gasteiger partial charge in [0.25, 0.3) is 0 Å². The van der Waals surface area contributed by atoms with E-state index in [2.05, 4.69) is 26.2 Å². The number of hydrogen-bond acceptors (Lipinski definition) is 3. The molecule has 0 amide bonds. The summed E-state index contributed by atoms with van der Waals surface area (Å²) < 4.78 is 13.7. The molecule has 84 valence electrons. The monoisotopic (exact) mass is 300 g/mol. The lowest BCUT2D eigenvalue weighted by atomic mass is 10.2. The Hall–Kier alpha value is -0.940. The predicted molar refractivity (Wildman–Crippen MR) is 68.3 cm³/mol. The number of nitrogens with zero attached hydrogens (tertiary/aromatic N) is 1. The van der Waals surface area contributed by atoms with Crippen LogP contribution >= 0.6 is 27.3 Å². The summed E-state index contributed by atoms with van der Waals surface area (Å²) in [5.41, 5.74) is 0.753. The zero-order valence-electron chi connectivity index (χ0n) is 8.58. The summed E-state index contributed by atoms with van der Waals surface area (Å²) >= 11 is 4.70. The zero-order chi connectivity index (χ0) is 11.5. The van der Waals surface area contributed by atoms with Crippen LogP contribution in [0, 0.1) is 5.82 Å². The molecular weight excluding hydrogens is 291 g/mol. The molecule has 0 aliphatic carbocycles. The van der Waals surface area contributed by atoms with Crippen molar-refractivity contribution in [1.82, 2.24) is 4.98 Å². The summed E-state index contributed by atoms with van der Waals surface area (Å²) in [5.74, 6) is -0.267. The summed E-state index contributed by atoms with van der Waals surface area (Å²) in [5, 5.41) is 6.11. The maximum atomic E-state index is 13.3. The lowest BCUT2D eigenvalue weighted by Gasteiger charge is -2.12. The van der Waals surface area contributed by atoms with Crippen molar-refractivity contribution in [2.75, 3.05) is 5.32 Å². The van der Waals surface area contributed by atoms with Gasteiger partial charge < -0.3 is 5.32 Å². The van der Waals surface area contributed by atoms with E-state index < -0.39 is 0 Å². The summed E-state index contributed by atoms with van der Waals surface area (Å²) in [6.07, 6.45) is 1.76. The molecule has 0 radical (unpaired) electrons. The normalized spacial score (nSPS) is 12.4. The Morgan fingerprint density at radius 1 is 1.50 bits per heavy atom. The molecule has 0 bridgehead atoms. The molecule has 0 spiro atoms. The van der Waals surface area contributed by atoms with Crippen LogP contribution in [0.15, 0.2) is 34.2 Å². The van der Waals surface area contributed by atoms with E-state index in [-0.39, 0.29) is 11.9 Å². The van der Waals surface area contributed by atoms with Crippen LogP contribution in [0.1, 0.15) is 18.0 Å². The highest BCUT2D eigenvalue weighted by Crippen LogP contribution is 2.24. The van der Waals surface area contributed by atoms with Crippen molar-refractivity contribution >= 4 is 33.0 Å². The number of nitrogens with one attached hydrogen (secondary N) is 1. The van der Waals surface area contributed by atoms with Crippen LogP contribution in [-0.2, 0) is 0 Å². The second-order valence-electron chi connectivity index (χ2n) is 3.37. The van der Waals surface area contributed by atoms with Gasteiger partial charge in [-0.15, -0.1) is 11.3 Å². The van der Waals surface area contributed by atoms with Gasteiger partial charge in [0.2, 0.25) is 0 Å². The first-order valence-corrected chi connectivity index (χ1v) is 6.45. The van der Waals surface area contributed by atoms with E-state index in [9.17, 15) is 4.39 Å². The van der Waals surface area contributed by atoms with E-state index in [1.54, 1.807) is 23.6 Å². The minimum atomic E-state index is -0.267. The van der Waals surface area contributed by atoms with Crippen molar-refractivity contribution in [3.63, 3.8) is 0 Å². The van der Waals surface area contributed by atoms with E-state index >= 15 is 0 Å². The Kier molecular flexibility index (Phi) is 3.56. The fourth-order valence-electron chi connectivity index (χ4n) is 1.35. The van der Waals surface area contributed by atoms with Crippen molar-refractivity contribution in [2.24, 2.45) is 0 Å². The number of rotatable bonds is 3. The van der Waals surface area contributed by atoms with Crippen molar-refractivity contribution in [2.45, 2.75) is 13.0 Å². The van der Waals surface area contributed by atoms with Gasteiger partial charge in [0, 0.05) is 17.3 Å². The molecule has 1 aromatic carbocycles. The first-order chi connectivity index (χ1) is 7.66. The molecule has 1 unspecified atom stereocenters. The predicted octanol–water partition coefficient (Wildman–Crippen LogP) is 4.22. The van der Waals surface area contributed by atoms with E-state index in [1.165, 1.54) is 6.07 Å². The molecule has 1 N–H and O–H groups in total. The Morgan fingerprint density at radius 3 is 2.94 bits per heavy atom. The molecule has 2 aromatic rings. The molecule has 0 aliphatic rings. The zero-order valence-corrected chi connectivity index (χ0v) is 11.0. The molecule has 1 atom stereocenters. The molecule has 5 heteroatoms. The van der Waals surface area contributed by atoms with Crippen LogP contribution < -0.4 is 5.32 Å². The van der Waals surface area contributed by atoms with Gasteiger partial charge in [0.1, 0.15) is 10.8 Å². The fourth-order valence-corrected chi connectivity index (χ4v) is 2.24. The number of halogens is 2. The maximum absolute atomic E-state index is 13.3. The molecule has 1 aromatic heterocycles. The standard InChI is InChI=1S/C11H10BrFN2S/c1-7(11-14-4-5-16-11)15-8-2-3-9(12)10(13)6-8/h2-7,15H,1H3. The van der Waals surface area contributed by atoms with Crippen LogP contribution in [0.2, 0.25) is 0 Å². The van der Waals surface area contributed by atoms with Gasteiger partial charge in [-0.05, 0) is 41.1 Å². The lowest BCUT2D eigenvalue weighted by Crippen LogP contribution is -2.06. The molecule has 16 heavy (non-hydrogen) atoms. The molecule has 2 rings (SSSR count). The molecule has 0 saturated heterocycles. The van der Waals surface area contributed by atoms with E-state index in [0.29, 0.717) is 4.47 Å². The molecule has 1 heterocycles. The molecule has 0 aliphatic heterocycles. The third-order valence-corrected chi connectivity index (χ3v) is 3.73. The minimum absolute atomic E-state index is 0.0839. The Labute approximate surface area is 106 Å². The van der Waals surface area contributed by atoms with E-state index in [4.69, 9.17) is 0 Å². The van der Waals surface area contributed by atoms with Crippen LogP contribution in [-0.4, -0.2) is 4.98 Å². The van der Waals surface area contributed by atoms with Crippen LogP contribution in [0.25, 0.3) is 0 Å². The quantitative estimate of drug-likeness (QED) is 0.918. The first kappa shape index (κ1) is 11.5. The number of aromatic nitrogens is 1. The lowest BCUT2D eigenvalue weighted by molar-refractivity contribution is 0.621. The number of anilines is 1. The molecule has 0 saturated carbocycles. The molecular formula is C11H10BrFN2S. The topological polar surface area (TPSA) is 24.9 Å². The fraction of sp³-hybridized carbons (Fsp3) is 0.182. The summed E-state index contributed by atoms with van der Waals surface area (Å²) in [4.78, 5) is 4.21. The number of thiazole rings is 1. The van der Waals surface area contributed by atoms with Gasteiger partial charge in [0.15, 0.2) is 0 Å². The highest BCUT2D eigenvalue weighted by molar-refractivity contribution is 9.10. The van der Waals surface area contributed by atoms with Gasteiger partial charge in [-0.1, -0.05) is 0 Å². The Bertz CT molecular complexity index is 473. The van der Waals surface area contributed by atoms with Crippen molar-refractivity contribution < 1.29 is 4.39 Å². The Morgan fingerprint density at radius 2 is 2.31 bits per heavy atom. The minimum Gasteiger partial charge on any atom is -0.376 e. The van der Waals surface area contributed by atoms with Crippen molar-refractivity contribution in [3.8, 4) is 0 Å². The third-order valence-electron chi connectivity index (χ3n) is 2.12. The van der Waals surface area contributed by atoms with E-state index in [0.717, 1.165) is 10.7 Å². The Balaban J connectivity index is 2.12. The van der Waals surface area contributed by atoms with Crippen LogP contribution in [0.4, 0.5) is 10.1 Å². The van der Waals surface area contributed by atoms with Crippen LogP contribution in [0.3, 0.4) is 0 Å². The smallest absolute Gasteiger partial charge is 0.139 e. The highest BCUT2D eigenvalue weighted by Gasteiger charge is 2.08. The average Bonchev–Trinajstić information content (AvgIpc) is 2.77. The molecule has 2 nitrogen and oxygen atoms in total. The van der Waals surface area contributed by atoms with Crippen LogP contribution in [0.5, 0.6) is 0 Å². The summed E-state index contributed by atoms with van der Waals surface area (Å²) in [7, 11) is 0. The molecule has 0 fully saturated rings. The van der Waals surface area contributed by atoms with Gasteiger partial charge >= 0.3 is 0 Å². The largest absolute Gasteiger partial charge is 0.376 e. The number of hydrogen-bond donors (Lipinski definition) is 1. The van der Waals surface area contributed by atoms with E-state index in [1.807, 2.05) is 18.4 Å². The summed E-state index contributed by atoms with van der Waals surface area (Å²) in [6, 6.07) is 5.07. The van der Waals surface area contributed by atoms with Gasteiger partial charge in [-0.3, -0.25) is 0 Å². The van der Waals surface area contributed by atoms with Crippen molar-refractivity contribution in [3.05, 3.63) is 45.1 Å². The van der Waals surface area contributed by atoms with Gasteiger partial charge in [-0.2, -0.15) is 0 Å². The third kappa shape index (κ3) is 2.59. The average molecular weight is 301 g/mol. The second-order valence-corrected chi connectivity index (χ2v) is 5.15. The first-order valence-electron chi connectivity index (χ1n) is 4.78. The second kappa shape index (κ2) is 4.93. The van der Waals surface area contributed by atoms with Gasteiger partial charge in [-0.25, -0.2) is 9.37 Å². The van der Waals surface area contributed by atoms with Gasteiger partial charge in [0.05, 0.1) is 10.5 Å². The maximum Gasteiger partial charge on any atom is 0.139 e. The highest BCUT2D eigenvalue weighted by atomic mass is 79.9. The number of benzene rings is 1.